The maximum absolute atomic E-state index is 12.3. The summed E-state index contributed by atoms with van der Waals surface area (Å²) in [5.41, 5.74) is 6.26. The third-order valence-electron chi connectivity index (χ3n) is 1.52. The second-order valence-corrected chi connectivity index (χ2v) is 3.68. The number of nitrogens with two attached hydrogens (primary N) is 1. The molecule has 0 bridgehead atoms. The zero-order valence-corrected chi connectivity index (χ0v) is 9.57. The van der Waals surface area contributed by atoms with Crippen molar-refractivity contribution in [2.45, 2.75) is 11.8 Å². The van der Waals surface area contributed by atoms with Crippen LogP contribution in [0.15, 0.2) is 10.7 Å². The van der Waals surface area contributed by atoms with E-state index in [0.29, 0.717) is 16.6 Å². The van der Waals surface area contributed by atoms with E-state index in [0.717, 1.165) is 0 Å². The highest BCUT2D eigenvalue weighted by Gasteiger charge is 2.16. The van der Waals surface area contributed by atoms with E-state index in [2.05, 4.69) is 36.8 Å². The van der Waals surface area contributed by atoms with Crippen LogP contribution in [0.4, 0.5) is 14.5 Å². The molecule has 0 aliphatic carbocycles. The van der Waals surface area contributed by atoms with Crippen molar-refractivity contribution in [3.8, 4) is 0 Å². The van der Waals surface area contributed by atoms with Gasteiger partial charge in [0, 0.05) is 17.1 Å². The summed E-state index contributed by atoms with van der Waals surface area (Å²) in [5.74, 6) is 0. The molecule has 0 fully saturated rings. The number of anilines is 1. The van der Waals surface area contributed by atoms with Crippen LogP contribution in [0.25, 0.3) is 0 Å². The Hall–Kier alpha value is -0.230. The number of rotatable bonds is 2. The van der Waals surface area contributed by atoms with Crippen LogP contribution < -0.4 is 5.73 Å². The first-order valence-corrected chi connectivity index (χ1v) is 5.26. The second kappa shape index (κ2) is 4.32. The Morgan fingerprint density at radius 2 is 2.15 bits per heavy atom. The molecule has 0 radical (unpaired) electrons. The highest BCUT2D eigenvalue weighted by atomic mass is 79.9. The summed E-state index contributed by atoms with van der Waals surface area (Å²) in [6, 6.07) is 0. The monoisotopic (exact) mass is 314 g/mol. The van der Waals surface area contributed by atoms with E-state index < -0.39 is 6.43 Å². The highest BCUT2D eigenvalue weighted by Crippen LogP contribution is 2.32. The van der Waals surface area contributed by atoms with Crippen molar-refractivity contribution in [2.24, 2.45) is 0 Å². The van der Waals surface area contributed by atoms with Crippen molar-refractivity contribution in [1.82, 2.24) is 4.98 Å². The number of hydrogen-bond acceptors (Lipinski definition) is 2. The van der Waals surface area contributed by atoms with Crippen molar-refractivity contribution in [3.05, 3.63) is 21.9 Å². The number of pyridine rings is 1. The van der Waals surface area contributed by atoms with E-state index in [1.54, 1.807) is 0 Å². The van der Waals surface area contributed by atoms with Gasteiger partial charge < -0.3 is 5.73 Å². The predicted octanol–water partition coefficient (Wildman–Crippen LogP) is 3.26. The first-order valence-electron chi connectivity index (χ1n) is 3.34. The molecule has 0 unspecified atom stereocenters. The molecule has 72 valence electrons. The topological polar surface area (TPSA) is 38.9 Å². The molecular weight excluding hydrogens is 310 g/mol. The van der Waals surface area contributed by atoms with Crippen LogP contribution in [-0.2, 0) is 5.33 Å². The van der Waals surface area contributed by atoms with Crippen LogP contribution in [0.1, 0.15) is 17.7 Å². The lowest BCUT2D eigenvalue weighted by Crippen LogP contribution is -2.00. The summed E-state index contributed by atoms with van der Waals surface area (Å²) in [6.07, 6.45) is -1.27. The number of nitrogen functional groups attached to an aromatic ring is 1. The Bertz CT molecular complexity index is 318. The van der Waals surface area contributed by atoms with Gasteiger partial charge >= 0.3 is 0 Å². The largest absolute Gasteiger partial charge is 0.397 e. The smallest absolute Gasteiger partial charge is 0.281 e. The maximum atomic E-state index is 12.3. The van der Waals surface area contributed by atoms with Gasteiger partial charge in [-0.15, -0.1) is 0 Å². The SMILES string of the molecule is Nc1c(CBr)cnc(C(F)F)c1Br. The van der Waals surface area contributed by atoms with Gasteiger partial charge in [0.15, 0.2) is 0 Å². The Labute approximate surface area is 90.8 Å². The maximum Gasteiger partial charge on any atom is 0.281 e. The van der Waals surface area contributed by atoms with E-state index in [9.17, 15) is 8.78 Å². The zero-order valence-electron chi connectivity index (χ0n) is 6.40. The lowest BCUT2D eigenvalue weighted by Gasteiger charge is -2.08. The fraction of sp³-hybridized carbons (Fsp3) is 0.286. The Morgan fingerprint density at radius 3 is 2.62 bits per heavy atom. The van der Waals surface area contributed by atoms with Crippen LogP contribution in [0, 0.1) is 0 Å². The molecule has 6 heteroatoms. The number of nitrogens with zero attached hydrogens (tertiary/aromatic N) is 1. The van der Waals surface area contributed by atoms with Gasteiger partial charge in [-0.3, -0.25) is 4.98 Å². The molecule has 2 nitrogen and oxygen atoms in total. The van der Waals surface area contributed by atoms with Crippen molar-refractivity contribution in [2.75, 3.05) is 5.73 Å². The molecule has 0 amide bonds. The minimum absolute atomic E-state index is 0.180. The summed E-state index contributed by atoms with van der Waals surface area (Å²) in [6.45, 7) is 0. The minimum atomic E-state index is -2.61. The standard InChI is InChI=1S/C7H6Br2F2N2/c8-1-3-2-13-6(7(10)11)4(9)5(3)12/h2,7H,1H2,(H2,12,13). The first-order chi connectivity index (χ1) is 6.07. The first kappa shape index (κ1) is 10.8. The quantitative estimate of drug-likeness (QED) is 0.851. The van der Waals surface area contributed by atoms with Gasteiger partial charge in [0.1, 0.15) is 5.69 Å². The zero-order chi connectivity index (χ0) is 10.0. The Kier molecular flexibility index (Phi) is 3.61. The molecule has 0 saturated heterocycles. The highest BCUT2D eigenvalue weighted by molar-refractivity contribution is 9.10. The number of aromatic nitrogens is 1. The fourth-order valence-electron chi connectivity index (χ4n) is 0.811. The summed E-state index contributed by atoms with van der Waals surface area (Å²) in [5, 5.41) is 0.494. The molecule has 0 aliphatic rings. The van der Waals surface area contributed by atoms with Crippen molar-refractivity contribution < 1.29 is 8.78 Å². The lowest BCUT2D eigenvalue weighted by molar-refractivity contribution is 0.145. The van der Waals surface area contributed by atoms with Crippen LogP contribution in [0.2, 0.25) is 0 Å². The molecule has 1 rings (SSSR count). The van der Waals surface area contributed by atoms with Gasteiger partial charge in [0.2, 0.25) is 0 Å². The summed E-state index contributed by atoms with van der Waals surface area (Å²) in [7, 11) is 0. The average molecular weight is 316 g/mol. The fourth-order valence-corrected chi connectivity index (χ4v) is 1.79. The Balaban J connectivity index is 3.23. The van der Waals surface area contributed by atoms with E-state index in [4.69, 9.17) is 5.73 Å². The third-order valence-corrected chi connectivity index (χ3v) is 2.95. The number of hydrogen-bond donors (Lipinski definition) is 1. The molecular formula is C7H6Br2F2N2. The Morgan fingerprint density at radius 1 is 1.54 bits per heavy atom. The van der Waals surface area contributed by atoms with E-state index in [1.165, 1.54) is 6.20 Å². The van der Waals surface area contributed by atoms with Gasteiger partial charge in [-0.2, -0.15) is 0 Å². The van der Waals surface area contributed by atoms with Crippen molar-refractivity contribution in [1.29, 1.82) is 0 Å². The average Bonchev–Trinajstić information content (AvgIpc) is 2.09. The van der Waals surface area contributed by atoms with Gasteiger partial charge in [0.05, 0.1) is 10.2 Å². The summed E-state index contributed by atoms with van der Waals surface area (Å²) >= 11 is 6.16. The molecule has 0 aromatic carbocycles. The minimum Gasteiger partial charge on any atom is -0.397 e. The predicted molar refractivity (Wildman–Crippen MR) is 53.9 cm³/mol. The van der Waals surface area contributed by atoms with Crippen LogP contribution in [-0.4, -0.2) is 4.98 Å². The van der Waals surface area contributed by atoms with Crippen molar-refractivity contribution >= 4 is 37.5 Å². The molecule has 2 N–H and O–H groups in total. The molecule has 1 aromatic heterocycles. The van der Waals surface area contributed by atoms with Crippen LogP contribution in [0.5, 0.6) is 0 Å². The molecule has 13 heavy (non-hydrogen) atoms. The summed E-state index contributed by atoms with van der Waals surface area (Å²) in [4.78, 5) is 3.60. The normalized spacial score (nSPS) is 10.8. The van der Waals surface area contributed by atoms with E-state index >= 15 is 0 Å². The van der Waals surface area contributed by atoms with E-state index in [-0.39, 0.29) is 10.2 Å². The second-order valence-electron chi connectivity index (χ2n) is 2.33. The molecule has 1 aromatic rings. The van der Waals surface area contributed by atoms with Crippen molar-refractivity contribution in [3.63, 3.8) is 0 Å². The molecule has 1 heterocycles. The summed E-state index contributed by atoms with van der Waals surface area (Å²) < 4.78 is 24.7. The van der Waals surface area contributed by atoms with Gasteiger partial charge in [-0.05, 0) is 15.9 Å². The van der Waals surface area contributed by atoms with E-state index in [1.807, 2.05) is 0 Å². The van der Waals surface area contributed by atoms with Crippen LogP contribution >= 0.6 is 31.9 Å². The number of alkyl halides is 3. The van der Waals surface area contributed by atoms with Crippen LogP contribution in [0.3, 0.4) is 0 Å². The lowest BCUT2D eigenvalue weighted by atomic mass is 10.2. The van der Waals surface area contributed by atoms with Gasteiger partial charge in [0.25, 0.3) is 6.43 Å². The molecule has 0 aliphatic heterocycles. The number of halogens is 4. The molecule has 0 atom stereocenters. The molecule has 0 spiro atoms. The molecule has 0 saturated carbocycles. The van der Waals surface area contributed by atoms with Gasteiger partial charge in [-0.25, -0.2) is 8.78 Å². The third kappa shape index (κ3) is 2.17. The van der Waals surface area contributed by atoms with Gasteiger partial charge in [-0.1, -0.05) is 15.9 Å².